The van der Waals surface area contributed by atoms with Crippen LogP contribution in [0, 0.1) is 0 Å². The van der Waals surface area contributed by atoms with E-state index in [4.69, 9.17) is 5.73 Å². The maximum absolute atomic E-state index is 5.90. The van der Waals surface area contributed by atoms with Crippen LogP contribution in [0.25, 0.3) is 0 Å². The summed E-state index contributed by atoms with van der Waals surface area (Å²) in [6.45, 7) is 11.0. The van der Waals surface area contributed by atoms with Gasteiger partial charge in [-0.15, -0.1) is 6.58 Å². The average Bonchev–Trinajstić information content (AvgIpc) is 2.24. The molecule has 0 fully saturated rings. The Morgan fingerprint density at radius 2 is 2.06 bits per heavy atom. The van der Waals surface area contributed by atoms with E-state index >= 15 is 0 Å². The van der Waals surface area contributed by atoms with Gasteiger partial charge in [0.15, 0.2) is 0 Å². The van der Waals surface area contributed by atoms with Gasteiger partial charge in [-0.1, -0.05) is 28.1 Å². The van der Waals surface area contributed by atoms with E-state index in [0.717, 1.165) is 16.6 Å². The molecule has 2 N–H and O–H groups in total. The lowest BCUT2D eigenvalue weighted by atomic mass is 10.1. The molecule has 1 unspecified atom stereocenters. The molecule has 0 spiro atoms. The van der Waals surface area contributed by atoms with Gasteiger partial charge in [0.1, 0.15) is 0 Å². The summed E-state index contributed by atoms with van der Waals surface area (Å²) in [5, 5.41) is 0. The highest BCUT2D eigenvalue weighted by Crippen LogP contribution is 2.28. The third-order valence-electron chi connectivity index (χ3n) is 2.76. The fourth-order valence-corrected chi connectivity index (χ4v) is 2.55. The Balaban J connectivity index is 3.06. The molecule has 1 aromatic rings. The van der Waals surface area contributed by atoms with Gasteiger partial charge in [0.05, 0.1) is 0 Å². The zero-order chi connectivity index (χ0) is 13.0. The van der Waals surface area contributed by atoms with Crippen molar-refractivity contribution < 1.29 is 0 Å². The number of hydrogen-bond donors (Lipinski definition) is 1. The first-order valence-corrected chi connectivity index (χ1v) is 6.69. The molecule has 0 bridgehead atoms. The third-order valence-corrected chi connectivity index (χ3v) is 3.44. The van der Waals surface area contributed by atoms with Crippen LogP contribution in [0.4, 0.5) is 5.69 Å². The number of hydrogen-bond acceptors (Lipinski definition) is 2. The van der Waals surface area contributed by atoms with Crippen LogP contribution in [0.2, 0.25) is 0 Å². The van der Waals surface area contributed by atoms with Crippen molar-refractivity contribution in [3.05, 3.63) is 40.9 Å². The van der Waals surface area contributed by atoms with Gasteiger partial charge < -0.3 is 10.6 Å². The molecule has 0 aromatic heterocycles. The normalized spacial score (nSPS) is 12.6. The van der Waals surface area contributed by atoms with E-state index in [1.54, 1.807) is 0 Å². The van der Waals surface area contributed by atoms with Crippen LogP contribution in [0.15, 0.2) is 35.3 Å². The van der Waals surface area contributed by atoms with Gasteiger partial charge in [-0.2, -0.15) is 0 Å². The van der Waals surface area contributed by atoms with Crippen molar-refractivity contribution in [2.75, 3.05) is 11.4 Å². The van der Waals surface area contributed by atoms with E-state index in [-0.39, 0.29) is 6.04 Å². The highest BCUT2D eigenvalue weighted by molar-refractivity contribution is 9.10. The molecule has 0 aliphatic carbocycles. The van der Waals surface area contributed by atoms with Crippen LogP contribution in [0.5, 0.6) is 0 Å². The second-order valence-electron chi connectivity index (χ2n) is 4.53. The Bertz CT molecular complexity index is 386. The Kier molecular flexibility index (Phi) is 5.22. The molecule has 1 rings (SSSR count). The minimum atomic E-state index is 0.0466. The molecular weight excluding hydrogens is 276 g/mol. The number of nitrogens with two attached hydrogens (primary N) is 1. The lowest BCUT2D eigenvalue weighted by Crippen LogP contribution is -2.30. The van der Waals surface area contributed by atoms with Crippen molar-refractivity contribution in [3.8, 4) is 0 Å². The van der Waals surface area contributed by atoms with Gasteiger partial charge in [-0.3, -0.25) is 0 Å². The molecule has 3 heteroatoms. The summed E-state index contributed by atoms with van der Waals surface area (Å²) in [6.07, 6.45) is 1.92. The first kappa shape index (κ1) is 14.3. The van der Waals surface area contributed by atoms with E-state index in [1.807, 2.05) is 13.0 Å². The fraction of sp³-hybridized carbons (Fsp3) is 0.429. The van der Waals surface area contributed by atoms with Crippen molar-refractivity contribution in [3.63, 3.8) is 0 Å². The van der Waals surface area contributed by atoms with Crippen LogP contribution >= 0.6 is 15.9 Å². The lowest BCUT2D eigenvalue weighted by molar-refractivity contribution is 0.722. The molecular formula is C14H21BrN2. The molecule has 0 saturated carbocycles. The topological polar surface area (TPSA) is 29.3 Å². The van der Waals surface area contributed by atoms with Crippen molar-refractivity contribution in [2.24, 2.45) is 5.73 Å². The zero-order valence-electron chi connectivity index (χ0n) is 10.8. The Hall–Kier alpha value is -0.800. The molecule has 0 radical (unpaired) electrons. The van der Waals surface area contributed by atoms with Crippen LogP contribution in [-0.4, -0.2) is 12.6 Å². The number of anilines is 1. The van der Waals surface area contributed by atoms with Crippen LogP contribution in [0.1, 0.15) is 32.4 Å². The molecule has 2 nitrogen and oxygen atoms in total. The molecule has 0 saturated heterocycles. The van der Waals surface area contributed by atoms with Crippen molar-refractivity contribution in [1.82, 2.24) is 0 Å². The van der Waals surface area contributed by atoms with Crippen LogP contribution < -0.4 is 10.6 Å². The van der Waals surface area contributed by atoms with Gasteiger partial charge in [-0.25, -0.2) is 0 Å². The van der Waals surface area contributed by atoms with Gasteiger partial charge >= 0.3 is 0 Å². The van der Waals surface area contributed by atoms with Crippen molar-refractivity contribution in [1.29, 1.82) is 0 Å². The largest absolute Gasteiger partial charge is 0.365 e. The second kappa shape index (κ2) is 6.22. The Labute approximate surface area is 113 Å². The summed E-state index contributed by atoms with van der Waals surface area (Å²) >= 11 is 3.58. The molecule has 17 heavy (non-hydrogen) atoms. The Morgan fingerprint density at radius 3 is 2.47 bits per heavy atom. The summed E-state index contributed by atoms with van der Waals surface area (Å²) in [5.74, 6) is 0. The summed E-state index contributed by atoms with van der Waals surface area (Å²) < 4.78 is 1.07. The van der Waals surface area contributed by atoms with E-state index in [9.17, 15) is 0 Å². The number of halogens is 1. The van der Waals surface area contributed by atoms with E-state index < -0.39 is 0 Å². The molecule has 0 aliphatic heterocycles. The summed E-state index contributed by atoms with van der Waals surface area (Å²) in [6, 6.07) is 6.82. The van der Waals surface area contributed by atoms with Gasteiger partial charge in [0.2, 0.25) is 0 Å². The number of nitrogens with zero attached hydrogens (tertiary/aromatic N) is 1. The van der Waals surface area contributed by atoms with E-state index in [0.29, 0.717) is 6.04 Å². The second-order valence-corrected chi connectivity index (χ2v) is 5.38. The summed E-state index contributed by atoms with van der Waals surface area (Å²) in [4.78, 5) is 2.29. The van der Waals surface area contributed by atoms with Crippen LogP contribution in [0.3, 0.4) is 0 Å². The standard InChI is InChI=1S/C14H21BrN2/c1-5-8-17(10(2)3)12-6-7-13(11(4)16)14(15)9-12/h5-7,9-11H,1,8,16H2,2-4H3. The molecule has 0 amide bonds. The minimum Gasteiger partial charge on any atom is -0.365 e. The molecule has 94 valence electrons. The summed E-state index contributed by atoms with van der Waals surface area (Å²) in [5.41, 5.74) is 8.23. The molecule has 1 aromatic carbocycles. The van der Waals surface area contributed by atoms with E-state index in [1.165, 1.54) is 5.69 Å². The predicted molar refractivity (Wildman–Crippen MR) is 79.4 cm³/mol. The van der Waals surface area contributed by atoms with E-state index in [2.05, 4.69) is 59.5 Å². The SMILES string of the molecule is C=CCN(c1ccc(C(C)N)c(Br)c1)C(C)C. The van der Waals surface area contributed by atoms with Crippen molar-refractivity contribution in [2.45, 2.75) is 32.9 Å². The quantitative estimate of drug-likeness (QED) is 0.836. The van der Waals surface area contributed by atoms with Crippen LogP contribution in [-0.2, 0) is 0 Å². The zero-order valence-corrected chi connectivity index (χ0v) is 12.4. The van der Waals surface area contributed by atoms with Gasteiger partial charge in [-0.05, 0) is 38.5 Å². The molecule has 1 atom stereocenters. The minimum absolute atomic E-state index is 0.0466. The average molecular weight is 297 g/mol. The smallest absolute Gasteiger partial charge is 0.0382 e. The first-order chi connectivity index (χ1) is 7.97. The maximum Gasteiger partial charge on any atom is 0.0382 e. The van der Waals surface area contributed by atoms with Gasteiger partial charge in [0.25, 0.3) is 0 Å². The molecule has 0 aliphatic rings. The maximum atomic E-state index is 5.90. The first-order valence-electron chi connectivity index (χ1n) is 5.90. The van der Waals surface area contributed by atoms with Crippen molar-refractivity contribution >= 4 is 21.6 Å². The predicted octanol–water partition coefficient (Wildman–Crippen LogP) is 3.87. The molecule has 0 heterocycles. The third kappa shape index (κ3) is 3.58. The highest BCUT2D eigenvalue weighted by Gasteiger charge is 2.11. The van der Waals surface area contributed by atoms with Gasteiger partial charge in [0, 0.05) is 28.8 Å². The number of rotatable bonds is 5. The fourth-order valence-electron chi connectivity index (χ4n) is 1.82. The lowest BCUT2D eigenvalue weighted by Gasteiger charge is -2.28. The highest BCUT2D eigenvalue weighted by atomic mass is 79.9. The Morgan fingerprint density at radius 1 is 1.41 bits per heavy atom. The monoisotopic (exact) mass is 296 g/mol. The summed E-state index contributed by atoms with van der Waals surface area (Å²) in [7, 11) is 0. The number of benzene rings is 1.